The number of thioether (sulfide) groups is 1. The van der Waals surface area contributed by atoms with Gasteiger partial charge in [0.05, 0.1) is 12.0 Å². The predicted octanol–water partition coefficient (Wildman–Crippen LogP) is 3.08. The topological polar surface area (TPSA) is 25.2 Å². The Hall–Kier alpha value is -0.120. The molecule has 2 heterocycles. The summed E-state index contributed by atoms with van der Waals surface area (Å²) in [6.07, 6.45) is 5.82. The average molecular weight is 248 g/mol. The Balaban J connectivity index is 0.00000112. The van der Waals surface area contributed by atoms with Gasteiger partial charge in [-0.15, -0.1) is 12.4 Å². The van der Waals surface area contributed by atoms with E-state index in [9.17, 15) is 0 Å². The first-order valence-corrected chi connectivity index (χ1v) is 6.44. The van der Waals surface area contributed by atoms with E-state index in [1.54, 1.807) is 6.26 Å². The van der Waals surface area contributed by atoms with E-state index in [1.165, 1.54) is 31.6 Å². The van der Waals surface area contributed by atoms with E-state index in [-0.39, 0.29) is 12.4 Å². The Morgan fingerprint density at radius 3 is 3.07 bits per heavy atom. The molecule has 1 atom stereocenters. The number of rotatable bonds is 4. The zero-order valence-electron chi connectivity index (χ0n) is 8.78. The van der Waals surface area contributed by atoms with Crippen molar-refractivity contribution in [1.29, 1.82) is 0 Å². The first-order chi connectivity index (χ1) is 6.95. The molecule has 1 aromatic heterocycles. The Morgan fingerprint density at radius 1 is 1.47 bits per heavy atom. The molecule has 1 fully saturated rings. The molecule has 0 radical (unpaired) electrons. The normalized spacial score (nSPS) is 20.9. The third-order valence-corrected chi connectivity index (χ3v) is 3.68. The maximum absolute atomic E-state index is 5.28. The van der Waals surface area contributed by atoms with Crippen LogP contribution in [0.1, 0.15) is 25.0 Å². The second-order valence-corrected chi connectivity index (χ2v) is 4.77. The van der Waals surface area contributed by atoms with E-state index in [1.807, 2.05) is 23.9 Å². The van der Waals surface area contributed by atoms with E-state index >= 15 is 0 Å². The maximum Gasteiger partial charge on any atom is 0.113 e. The first kappa shape index (κ1) is 12.9. The molecule has 0 aliphatic carbocycles. The van der Waals surface area contributed by atoms with E-state index in [0.29, 0.717) is 0 Å². The lowest BCUT2D eigenvalue weighted by molar-refractivity contribution is 0.429. The molecule has 1 aliphatic rings. The maximum atomic E-state index is 5.28. The van der Waals surface area contributed by atoms with Gasteiger partial charge in [0.2, 0.25) is 0 Å². The second-order valence-electron chi connectivity index (χ2n) is 3.74. The fourth-order valence-corrected chi connectivity index (χ4v) is 2.82. The van der Waals surface area contributed by atoms with Crippen LogP contribution < -0.4 is 5.32 Å². The number of nitrogens with one attached hydrogen (secondary N) is 1. The molecule has 0 saturated carbocycles. The van der Waals surface area contributed by atoms with Gasteiger partial charge in [-0.25, -0.2) is 0 Å². The Bertz CT molecular complexity index is 247. The lowest BCUT2D eigenvalue weighted by Gasteiger charge is -2.22. The highest BCUT2D eigenvalue weighted by atomic mass is 35.5. The minimum absolute atomic E-state index is 0. The van der Waals surface area contributed by atoms with E-state index in [2.05, 4.69) is 5.32 Å². The van der Waals surface area contributed by atoms with Crippen LogP contribution in [0.15, 0.2) is 22.8 Å². The number of hydrogen-bond acceptors (Lipinski definition) is 3. The van der Waals surface area contributed by atoms with Gasteiger partial charge in [-0.1, -0.05) is 6.42 Å². The van der Waals surface area contributed by atoms with Gasteiger partial charge in [0.15, 0.2) is 0 Å². The highest BCUT2D eigenvalue weighted by Gasteiger charge is 2.12. The summed E-state index contributed by atoms with van der Waals surface area (Å²) in [7, 11) is 0. The van der Waals surface area contributed by atoms with Crippen LogP contribution in [-0.4, -0.2) is 18.3 Å². The summed E-state index contributed by atoms with van der Waals surface area (Å²) < 4.78 is 5.28. The number of halogens is 1. The van der Waals surface area contributed by atoms with Crippen LogP contribution in [0.4, 0.5) is 0 Å². The van der Waals surface area contributed by atoms with Gasteiger partial charge in [-0.2, -0.15) is 11.8 Å². The summed E-state index contributed by atoms with van der Waals surface area (Å²) >= 11 is 1.96. The van der Waals surface area contributed by atoms with Crippen molar-refractivity contribution in [3.8, 4) is 0 Å². The Morgan fingerprint density at radius 2 is 2.40 bits per heavy atom. The first-order valence-electron chi connectivity index (χ1n) is 5.28. The Kier molecular flexibility index (Phi) is 6.22. The summed E-state index contributed by atoms with van der Waals surface area (Å²) in [5.41, 5.74) is 0. The van der Waals surface area contributed by atoms with Gasteiger partial charge in [0.1, 0.15) is 5.76 Å². The predicted molar refractivity (Wildman–Crippen MR) is 67.8 cm³/mol. The van der Waals surface area contributed by atoms with Crippen molar-refractivity contribution >= 4 is 24.2 Å². The van der Waals surface area contributed by atoms with Crippen molar-refractivity contribution in [2.75, 3.05) is 12.3 Å². The van der Waals surface area contributed by atoms with Gasteiger partial charge in [-0.05, 0) is 31.5 Å². The third kappa shape index (κ3) is 4.49. The lowest BCUT2D eigenvalue weighted by Crippen LogP contribution is -2.35. The molecule has 2 rings (SSSR count). The molecule has 1 unspecified atom stereocenters. The van der Waals surface area contributed by atoms with Gasteiger partial charge >= 0.3 is 0 Å². The highest BCUT2D eigenvalue weighted by Crippen LogP contribution is 2.17. The quantitative estimate of drug-likeness (QED) is 0.885. The SMILES string of the molecule is Cl.c1coc(CSCC2CCCCN2)c1. The fraction of sp³-hybridized carbons (Fsp3) is 0.636. The molecule has 1 aliphatic heterocycles. The molecule has 0 bridgehead atoms. The molecule has 0 aromatic carbocycles. The van der Waals surface area contributed by atoms with Crippen molar-refractivity contribution in [2.45, 2.75) is 31.1 Å². The van der Waals surface area contributed by atoms with Gasteiger partial charge in [-0.3, -0.25) is 0 Å². The standard InChI is InChI=1S/C11H17NOS.ClH/c1-2-6-12-10(4-1)8-14-9-11-5-3-7-13-11;/h3,5,7,10,12H,1-2,4,6,8-9H2;1H. The van der Waals surface area contributed by atoms with Crippen LogP contribution in [0.25, 0.3) is 0 Å². The third-order valence-electron chi connectivity index (χ3n) is 2.56. The lowest BCUT2D eigenvalue weighted by atomic mass is 10.1. The molecular weight excluding hydrogens is 230 g/mol. The molecule has 1 N–H and O–H groups in total. The molecule has 86 valence electrons. The summed E-state index contributed by atoms with van der Waals surface area (Å²) in [6.45, 7) is 1.20. The summed E-state index contributed by atoms with van der Waals surface area (Å²) in [5, 5.41) is 3.55. The minimum atomic E-state index is 0. The summed E-state index contributed by atoms with van der Waals surface area (Å²) in [5.74, 6) is 3.30. The van der Waals surface area contributed by atoms with Gasteiger partial charge in [0.25, 0.3) is 0 Å². The van der Waals surface area contributed by atoms with E-state index in [0.717, 1.165) is 17.6 Å². The Labute approximate surface area is 102 Å². The van der Waals surface area contributed by atoms with Gasteiger partial charge in [0, 0.05) is 11.8 Å². The molecule has 1 saturated heterocycles. The zero-order valence-corrected chi connectivity index (χ0v) is 10.4. The van der Waals surface area contributed by atoms with E-state index in [4.69, 9.17) is 4.42 Å². The van der Waals surface area contributed by atoms with Crippen molar-refractivity contribution in [1.82, 2.24) is 5.32 Å². The number of piperidine rings is 1. The molecule has 2 nitrogen and oxygen atoms in total. The van der Waals surface area contributed by atoms with Crippen LogP contribution >= 0.6 is 24.2 Å². The second kappa shape index (κ2) is 7.20. The van der Waals surface area contributed by atoms with Crippen molar-refractivity contribution in [3.05, 3.63) is 24.2 Å². The van der Waals surface area contributed by atoms with Crippen LogP contribution in [0.5, 0.6) is 0 Å². The average Bonchev–Trinajstić information content (AvgIpc) is 2.72. The highest BCUT2D eigenvalue weighted by molar-refractivity contribution is 7.98. The molecule has 15 heavy (non-hydrogen) atoms. The molecule has 0 amide bonds. The van der Waals surface area contributed by atoms with Crippen LogP contribution in [0, 0.1) is 0 Å². The van der Waals surface area contributed by atoms with Crippen LogP contribution in [0.3, 0.4) is 0 Å². The van der Waals surface area contributed by atoms with E-state index < -0.39 is 0 Å². The van der Waals surface area contributed by atoms with Crippen molar-refractivity contribution < 1.29 is 4.42 Å². The monoisotopic (exact) mass is 247 g/mol. The minimum Gasteiger partial charge on any atom is -0.468 e. The van der Waals surface area contributed by atoms with Crippen LogP contribution in [-0.2, 0) is 5.75 Å². The molecule has 4 heteroatoms. The van der Waals surface area contributed by atoms with Crippen molar-refractivity contribution in [3.63, 3.8) is 0 Å². The largest absolute Gasteiger partial charge is 0.468 e. The smallest absolute Gasteiger partial charge is 0.113 e. The van der Waals surface area contributed by atoms with Crippen molar-refractivity contribution in [2.24, 2.45) is 0 Å². The fourth-order valence-electron chi connectivity index (χ4n) is 1.76. The van der Waals surface area contributed by atoms with Crippen LogP contribution in [0.2, 0.25) is 0 Å². The number of furan rings is 1. The molecule has 0 spiro atoms. The van der Waals surface area contributed by atoms with Gasteiger partial charge < -0.3 is 9.73 Å². The molecular formula is C11H18ClNOS. The zero-order chi connectivity index (χ0) is 9.64. The molecule has 1 aromatic rings. The number of hydrogen-bond donors (Lipinski definition) is 1. The summed E-state index contributed by atoms with van der Waals surface area (Å²) in [6, 6.07) is 4.72. The summed E-state index contributed by atoms with van der Waals surface area (Å²) in [4.78, 5) is 0.